The van der Waals surface area contributed by atoms with Crippen LogP contribution in [0.1, 0.15) is 30.5 Å². The maximum Gasteiger partial charge on any atom is 0.139 e. The summed E-state index contributed by atoms with van der Waals surface area (Å²) in [4.78, 5) is 15.8. The highest BCUT2D eigenvalue weighted by Crippen LogP contribution is 2.10. The lowest BCUT2D eigenvalue weighted by atomic mass is 10.2. The van der Waals surface area contributed by atoms with Gasteiger partial charge in [0, 0.05) is 30.7 Å². The van der Waals surface area contributed by atoms with Gasteiger partial charge in [0.1, 0.15) is 10.8 Å². The van der Waals surface area contributed by atoms with Gasteiger partial charge in [0.2, 0.25) is 0 Å². The number of ketones is 1. The molecule has 0 aliphatic rings. The van der Waals surface area contributed by atoms with E-state index < -0.39 is 0 Å². The van der Waals surface area contributed by atoms with E-state index >= 15 is 0 Å². The Kier molecular flexibility index (Phi) is 5.50. The second-order valence-corrected chi connectivity index (χ2v) is 4.34. The fourth-order valence-electron chi connectivity index (χ4n) is 1.26. The SMILES string of the molecule is CCOCCCC(=O)Cc1nc(C)cs1. The van der Waals surface area contributed by atoms with Gasteiger partial charge < -0.3 is 4.74 Å². The Balaban J connectivity index is 2.18. The summed E-state index contributed by atoms with van der Waals surface area (Å²) in [5, 5.41) is 2.90. The third kappa shape index (κ3) is 5.04. The highest BCUT2D eigenvalue weighted by atomic mass is 32.1. The zero-order valence-electron chi connectivity index (χ0n) is 9.28. The normalized spacial score (nSPS) is 10.5. The lowest BCUT2D eigenvalue weighted by Gasteiger charge is -1.99. The Morgan fingerprint density at radius 2 is 2.40 bits per heavy atom. The van der Waals surface area contributed by atoms with E-state index in [0.717, 1.165) is 23.7 Å². The molecular weight excluding hydrogens is 210 g/mol. The Hall–Kier alpha value is -0.740. The van der Waals surface area contributed by atoms with Crippen LogP contribution >= 0.6 is 11.3 Å². The minimum Gasteiger partial charge on any atom is -0.382 e. The van der Waals surface area contributed by atoms with Crippen molar-refractivity contribution < 1.29 is 9.53 Å². The van der Waals surface area contributed by atoms with Crippen LogP contribution in [0.5, 0.6) is 0 Å². The summed E-state index contributed by atoms with van der Waals surface area (Å²) in [6.45, 7) is 5.30. The first-order valence-electron chi connectivity index (χ1n) is 5.22. The van der Waals surface area contributed by atoms with Gasteiger partial charge in [-0.15, -0.1) is 11.3 Å². The molecular formula is C11H17NO2S. The molecule has 0 unspecified atom stereocenters. The fourth-order valence-corrected chi connectivity index (χ4v) is 2.06. The fraction of sp³-hybridized carbons (Fsp3) is 0.636. The van der Waals surface area contributed by atoms with Crippen LogP contribution in [0.2, 0.25) is 0 Å². The molecule has 0 spiro atoms. The summed E-state index contributed by atoms with van der Waals surface area (Å²) in [6, 6.07) is 0. The third-order valence-electron chi connectivity index (χ3n) is 1.96. The monoisotopic (exact) mass is 227 g/mol. The lowest BCUT2D eigenvalue weighted by Crippen LogP contribution is -2.04. The predicted octanol–water partition coefficient (Wildman–Crippen LogP) is 2.38. The molecule has 0 N–H and O–H groups in total. The minimum atomic E-state index is 0.254. The minimum absolute atomic E-state index is 0.254. The van der Waals surface area contributed by atoms with Gasteiger partial charge in [-0.3, -0.25) is 4.79 Å². The molecule has 1 aromatic heterocycles. The molecule has 1 aromatic rings. The van der Waals surface area contributed by atoms with Crippen LogP contribution in [0.3, 0.4) is 0 Å². The molecule has 1 heterocycles. The van der Waals surface area contributed by atoms with Gasteiger partial charge in [-0.05, 0) is 20.3 Å². The van der Waals surface area contributed by atoms with Crippen LogP contribution in [0, 0.1) is 6.92 Å². The number of carbonyl (C=O) groups excluding carboxylic acids is 1. The Bertz CT molecular complexity index is 309. The second-order valence-electron chi connectivity index (χ2n) is 3.40. The molecule has 0 aliphatic carbocycles. The van der Waals surface area contributed by atoms with Gasteiger partial charge in [-0.1, -0.05) is 0 Å². The number of Topliss-reactive ketones (excluding diaryl/α,β-unsaturated/α-hetero) is 1. The lowest BCUT2D eigenvalue weighted by molar-refractivity contribution is -0.118. The van der Waals surface area contributed by atoms with Crippen LogP contribution in [-0.2, 0) is 16.0 Å². The van der Waals surface area contributed by atoms with E-state index in [1.165, 1.54) is 0 Å². The zero-order chi connectivity index (χ0) is 11.1. The number of nitrogens with zero attached hydrogens (tertiary/aromatic N) is 1. The number of hydrogen-bond acceptors (Lipinski definition) is 4. The standard InChI is InChI=1S/C11H17NO2S/c1-3-14-6-4-5-10(13)7-11-12-9(2)8-15-11/h8H,3-7H2,1-2H3. The van der Waals surface area contributed by atoms with Gasteiger partial charge in [-0.2, -0.15) is 0 Å². The van der Waals surface area contributed by atoms with Crippen LogP contribution in [-0.4, -0.2) is 24.0 Å². The molecule has 0 amide bonds. The topological polar surface area (TPSA) is 39.2 Å². The van der Waals surface area contributed by atoms with E-state index in [2.05, 4.69) is 4.98 Å². The molecule has 1 rings (SSSR count). The highest BCUT2D eigenvalue weighted by molar-refractivity contribution is 7.09. The summed E-state index contributed by atoms with van der Waals surface area (Å²) in [7, 11) is 0. The van der Waals surface area contributed by atoms with Crippen molar-refractivity contribution in [2.75, 3.05) is 13.2 Å². The van der Waals surface area contributed by atoms with E-state index in [4.69, 9.17) is 4.74 Å². The second kappa shape index (κ2) is 6.69. The van der Waals surface area contributed by atoms with Gasteiger partial charge in [0.15, 0.2) is 0 Å². The van der Waals surface area contributed by atoms with Gasteiger partial charge in [-0.25, -0.2) is 4.98 Å². The Labute approximate surface area is 94.5 Å². The van der Waals surface area contributed by atoms with Crippen molar-refractivity contribution in [2.45, 2.75) is 33.1 Å². The van der Waals surface area contributed by atoms with E-state index in [9.17, 15) is 4.79 Å². The summed E-state index contributed by atoms with van der Waals surface area (Å²) in [5.74, 6) is 0.254. The molecule has 84 valence electrons. The highest BCUT2D eigenvalue weighted by Gasteiger charge is 2.06. The third-order valence-corrected chi connectivity index (χ3v) is 2.93. The number of aryl methyl sites for hydroxylation is 1. The zero-order valence-corrected chi connectivity index (χ0v) is 10.1. The van der Waals surface area contributed by atoms with Crippen molar-refractivity contribution in [3.05, 3.63) is 16.1 Å². The summed E-state index contributed by atoms with van der Waals surface area (Å²) in [6.07, 6.45) is 1.89. The first-order chi connectivity index (χ1) is 7.22. The number of aromatic nitrogens is 1. The summed E-state index contributed by atoms with van der Waals surface area (Å²) >= 11 is 1.56. The Morgan fingerprint density at radius 3 is 3.00 bits per heavy atom. The van der Waals surface area contributed by atoms with Crippen LogP contribution in [0.15, 0.2) is 5.38 Å². The first-order valence-corrected chi connectivity index (χ1v) is 6.10. The molecule has 0 aromatic carbocycles. The van der Waals surface area contributed by atoms with E-state index in [1.54, 1.807) is 11.3 Å². The molecule has 0 radical (unpaired) electrons. The molecule has 0 saturated heterocycles. The number of hydrogen-bond donors (Lipinski definition) is 0. The van der Waals surface area contributed by atoms with Crippen molar-refractivity contribution >= 4 is 17.1 Å². The van der Waals surface area contributed by atoms with Crippen molar-refractivity contribution in [1.82, 2.24) is 4.98 Å². The number of ether oxygens (including phenoxy) is 1. The number of carbonyl (C=O) groups is 1. The largest absolute Gasteiger partial charge is 0.382 e. The Morgan fingerprint density at radius 1 is 1.60 bits per heavy atom. The predicted molar refractivity (Wildman–Crippen MR) is 61.3 cm³/mol. The van der Waals surface area contributed by atoms with Crippen molar-refractivity contribution in [2.24, 2.45) is 0 Å². The maximum absolute atomic E-state index is 11.5. The molecule has 0 fully saturated rings. The molecule has 0 aliphatic heterocycles. The summed E-state index contributed by atoms with van der Waals surface area (Å²) < 4.78 is 5.17. The molecule has 0 atom stereocenters. The molecule has 4 heteroatoms. The van der Waals surface area contributed by atoms with E-state index in [1.807, 2.05) is 19.2 Å². The quantitative estimate of drug-likeness (QED) is 0.671. The maximum atomic E-state index is 11.5. The molecule has 0 bridgehead atoms. The average molecular weight is 227 g/mol. The van der Waals surface area contributed by atoms with Crippen molar-refractivity contribution in [3.63, 3.8) is 0 Å². The van der Waals surface area contributed by atoms with Gasteiger partial charge in [0.25, 0.3) is 0 Å². The van der Waals surface area contributed by atoms with Crippen LogP contribution < -0.4 is 0 Å². The molecule has 0 saturated carbocycles. The van der Waals surface area contributed by atoms with Crippen molar-refractivity contribution in [3.8, 4) is 0 Å². The smallest absolute Gasteiger partial charge is 0.139 e. The number of thiazole rings is 1. The van der Waals surface area contributed by atoms with Crippen molar-refractivity contribution in [1.29, 1.82) is 0 Å². The average Bonchev–Trinajstić information content (AvgIpc) is 2.59. The number of rotatable bonds is 7. The summed E-state index contributed by atoms with van der Waals surface area (Å²) in [5.41, 5.74) is 0.997. The van der Waals surface area contributed by atoms with Crippen LogP contribution in [0.25, 0.3) is 0 Å². The molecule has 15 heavy (non-hydrogen) atoms. The van der Waals surface area contributed by atoms with Crippen LogP contribution in [0.4, 0.5) is 0 Å². The first kappa shape index (κ1) is 12.3. The van der Waals surface area contributed by atoms with E-state index in [0.29, 0.717) is 19.4 Å². The van der Waals surface area contributed by atoms with Gasteiger partial charge in [0.05, 0.1) is 6.42 Å². The van der Waals surface area contributed by atoms with E-state index in [-0.39, 0.29) is 5.78 Å². The molecule has 3 nitrogen and oxygen atoms in total. The van der Waals surface area contributed by atoms with Gasteiger partial charge >= 0.3 is 0 Å².